The molecule has 0 saturated heterocycles. The van der Waals surface area contributed by atoms with Crippen molar-refractivity contribution < 1.29 is 9.90 Å². The van der Waals surface area contributed by atoms with E-state index in [1.807, 2.05) is 18.2 Å². The van der Waals surface area contributed by atoms with E-state index in [1.165, 1.54) is 25.0 Å². The number of hydrogen-bond donors (Lipinski definition) is 2. The van der Waals surface area contributed by atoms with E-state index in [1.54, 1.807) is 0 Å². The van der Waals surface area contributed by atoms with Crippen LogP contribution in [0.15, 0.2) is 18.2 Å². The van der Waals surface area contributed by atoms with E-state index >= 15 is 0 Å². The molecule has 17 heavy (non-hydrogen) atoms. The van der Waals surface area contributed by atoms with Crippen LogP contribution >= 0.6 is 0 Å². The summed E-state index contributed by atoms with van der Waals surface area (Å²) in [5.74, 6) is -0.210. The first-order valence-electron chi connectivity index (χ1n) is 5.93. The largest absolute Gasteiger partial charge is 0.481 e. The predicted molar refractivity (Wildman–Crippen MR) is 64.0 cm³/mol. The van der Waals surface area contributed by atoms with E-state index in [0.29, 0.717) is 5.92 Å². The molecule has 1 fully saturated rings. The number of rotatable bonds is 3. The summed E-state index contributed by atoms with van der Waals surface area (Å²) < 4.78 is 0. The van der Waals surface area contributed by atoms with Gasteiger partial charge in [-0.15, -0.1) is 0 Å². The molecule has 0 unspecified atom stereocenters. The zero-order chi connectivity index (χ0) is 11.8. The van der Waals surface area contributed by atoms with Crippen LogP contribution in [0.25, 0.3) is 10.9 Å². The van der Waals surface area contributed by atoms with Crippen molar-refractivity contribution in [2.75, 3.05) is 0 Å². The summed E-state index contributed by atoms with van der Waals surface area (Å²) in [7, 11) is 0. The molecule has 2 aromatic rings. The van der Waals surface area contributed by atoms with E-state index in [4.69, 9.17) is 5.11 Å². The second-order valence-corrected chi connectivity index (χ2v) is 4.69. The zero-order valence-corrected chi connectivity index (χ0v) is 9.44. The van der Waals surface area contributed by atoms with Gasteiger partial charge >= 0.3 is 5.97 Å². The molecule has 4 nitrogen and oxygen atoms in total. The molecule has 1 aliphatic carbocycles. The average Bonchev–Trinajstić information content (AvgIpc) is 2.58. The van der Waals surface area contributed by atoms with Crippen LogP contribution in [0.3, 0.4) is 0 Å². The highest BCUT2D eigenvalue weighted by molar-refractivity contribution is 5.84. The molecule has 0 radical (unpaired) electrons. The maximum atomic E-state index is 10.7. The summed E-state index contributed by atoms with van der Waals surface area (Å²) >= 11 is 0. The van der Waals surface area contributed by atoms with Gasteiger partial charge in [-0.1, -0.05) is 12.5 Å². The monoisotopic (exact) mass is 230 g/mol. The SMILES string of the molecule is O=C(O)Cc1ccc2n[nH]c(C3CCC3)c2c1. The Labute approximate surface area is 98.6 Å². The first kappa shape index (κ1) is 10.3. The number of carbonyl (C=O) groups is 1. The van der Waals surface area contributed by atoms with Gasteiger partial charge in [-0.3, -0.25) is 9.89 Å². The molecule has 2 N–H and O–H groups in total. The highest BCUT2D eigenvalue weighted by Crippen LogP contribution is 2.38. The van der Waals surface area contributed by atoms with Crippen LogP contribution in [0.4, 0.5) is 0 Å². The molecule has 0 amide bonds. The summed E-state index contributed by atoms with van der Waals surface area (Å²) in [5, 5.41) is 17.3. The van der Waals surface area contributed by atoms with Gasteiger partial charge in [-0.2, -0.15) is 5.10 Å². The molecule has 0 atom stereocenters. The lowest BCUT2D eigenvalue weighted by atomic mass is 9.82. The topological polar surface area (TPSA) is 66.0 Å². The van der Waals surface area contributed by atoms with Crippen molar-refractivity contribution in [2.45, 2.75) is 31.6 Å². The normalized spacial score (nSPS) is 16.0. The number of aromatic nitrogens is 2. The number of fused-ring (bicyclic) bond motifs is 1. The summed E-state index contributed by atoms with van der Waals surface area (Å²) in [6.07, 6.45) is 3.77. The van der Waals surface area contributed by atoms with Crippen molar-refractivity contribution in [1.82, 2.24) is 10.2 Å². The number of aliphatic carboxylic acids is 1. The lowest BCUT2D eigenvalue weighted by Crippen LogP contribution is -2.09. The number of nitrogens with zero attached hydrogens (tertiary/aromatic N) is 1. The fourth-order valence-electron chi connectivity index (χ4n) is 2.37. The fourth-order valence-corrected chi connectivity index (χ4v) is 2.37. The van der Waals surface area contributed by atoms with Crippen LogP contribution < -0.4 is 0 Å². The fraction of sp³-hybridized carbons (Fsp3) is 0.385. The molecule has 88 valence electrons. The van der Waals surface area contributed by atoms with Gasteiger partial charge in [-0.05, 0) is 30.5 Å². The molecule has 1 aliphatic rings. The highest BCUT2D eigenvalue weighted by Gasteiger charge is 2.23. The van der Waals surface area contributed by atoms with Crippen LogP contribution in [0, 0.1) is 0 Å². The van der Waals surface area contributed by atoms with Crippen LogP contribution in [0.5, 0.6) is 0 Å². The molecule has 0 bridgehead atoms. The van der Waals surface area contributed by atoms with Crippen LogP contribution in [0.1, 0.15) is 36.4 Å². The Morgan fingerprint density at radius 2 is 2.29 bits per heavy atom. The Balaban J connectivity index is 2.02. The maximum Gasteiger partial charge on any atom is 0.307 e. The van der Waals surface area contributed by atoms with Gasteiger partial charge in [-0.25, -0.2) is 0 Å². The van der Waals surface area contributed by atoms with Crippen molar-refractivity contribution in [1.29, 1.82) is 0 Å². The third-order valence-electron chi connectivity index (χ3n) is 3.52. The van der Waals surface area contributed by atoms with Gasteiger partial charge in [0.1, 0.15) is 0 Å². The minimum atomic E-state index is -0.793. The standard InChI is InChI=1S/C13H14N2O2/c16-12(17)7-8-4-5-11-10(6-8)13(15-14-11)9-2-1-3-9/h4-6,9H,1-3,7H2,(H,14,15)(H,16,17). The van der Waals surface area contributed by atoms with Crippen LogP contribution in [0.2, 0.25) is 0 Å². The molecule has 1 aromatic heterocycles. The summed E-state index contributed by atoms with van der Waals surface area (Å²) in [6.45, 7) is 0. The average molecular weight is 230 g/mol. The smallest absolute Gasteiger partial charge is 0.307 e. The molecule has 0 aliphatic heterocycles. The molecule has 3 rings (SSSR count). The number of H-pyrrole nitrogens is 1. The van der Waals surface area contributed by atoms with Gasteiger partial charge in [0.2, 0.25) is 0 Å². The Kier molecular flexibility index (Phi) is 2.35. The Morgan fingerprint density at radius 1 is 1.47 bits per heavy atom. The van der Waals surface area contributed by atoms with Crippen molar-refractivity contribution >= 4 is 16.9 Å². The van der Waals surface area contributed by atoms with Crippen molar-refractivity contribution in [3.05, 3.63) is 29.5 Å². The number of carboxylic acid groups (broad SMARTS) is 1. The first-order valence-corrected chi connectivity index (χ1v) is 5.93. The highest BCUT2D eigenvalue weighted by atomic mass is 16.4. The number of carboxylic acids is 1. The Bertz CT molecular complexity index is 570. The lowest BCUT2D eigenvalue weighted by Gasteiger charge is -2.24. The Morgan fingerprint density at radius 3 is 2.94 bits per heavy atom. The van der Waals surface area contributed by atoms with Crippen LogP contribution in [-0.4, -0.2) is 21.3 Å². The zero-order valence-electron chi connectivity index (χ0n) is 9.44. The molecule has 1 aromatic carbocycles. The van der Waals surface area contributed by atoms with Gasteiger partial charge in [0.05, 0.1) is 11.9 Å². The quantitative estimate of drug-likeness (QED) is 0.851. The predicted octanol–water partition coefficient (Wildman–Crippen LogP) is 2.46. The lowest BCUT2D eigenvalue weighted by molar-refractivity contribution is -0.136. The van der Waals surface area contributed by atoms with Gasteiger partial charge < -0.3 is 5.11 Å². The van der Waals surface area contributed by atoms with Crippen molar-refractivity contribution in [2.24, 2.45) is 0 Å². The van der Waals surface area contributed by atoms with Gasteiger partial charge in [0.25, 0.3) is 0 Å². The van der Waals surface area contributed by atoms with E-state index in [9.17, 15) is 4.79 Å². The molecule has 1 saturated carbocycles. The second kappa shape index (κ2) is 3.87. The van der Waals surface area contributed by atoms with E-state index in [0.717, 1.165) is 16.5 Å². The molecular weight excluding hydrogens is 216 g/mol. The third kappa shape index (κ3) is 1.79. The Hall–Kier alpha value is -1.84. The number of benzene rings is 1. The molecule has 0 spiro atoms. The van der Waals surface area contributed by atoms with Crippen molar-refractivity contribution in [3.8, 4) is 0 Å². The summed E-state index contributed by atoms with van der Waals surface area (Å²) in [6, 6.07) is 5.69. The van der Waals surface area contributed by atoms with E-state index in [-0.39, 0.29) is 6.42 Å². The number of hydrogen-bond acceptors (Lipinski definition) is 2. The third-order valence-corrected chi connectivity index (χ3v) is 3.52. The van der Waals surface area contributed by atoms with Gasteiger partial charge in [0.15, 0.2) is 0 Å². The molecular formula is C13H14N2O2. The first-order chi connectivity index (χ1) is 8.24. The van der Waals surface area contributed by atoms with Crippen molar-refractivity contribution in [3.63, 3.8) is 0 Å². The number of aromatic amines is 1. The van der Waals surface area contributed by atoms with E-state index < -0.39 is 5.97 Å². The second-order valence-electron chi connectivity index (χ2n) is 4.69. The summed E-state index contributed by atoms with van der Waals surface area (Å²) in [4.78, 5) is 10.7. The molecule has 4 heteroatoms. The summed E-state index contributed by atoms with van der Waals surface area (Å²) in [5.41, 5.74) is 2.95. The van der Waals surface area contributed by atoms with Crippen LogP contribution in [-0.2, 0) is 11.2 Å². The molecule has 1 heterocycles. The van der Waals surface area contributed by atoms with Gasteiger partial charge in [0, 0.05) is 17.0 Å². The van der Waals surface area contributed by atoms with E-state index in [2.05, 4.69) is 10.2 Å². The maximum absolute atomic E-state index is 10.7. The minimum Gasteiger partial charge on any atom is -0.481 e. The number of nitrogens with one attached hydrogen (secondary N) is 1. The minimum absolute atomic E-state index is 0.0746.